The Kier molecular flexibility index (Phi) is 3.84. The third-order valence-corrected chi connectivity index (χ3v) is 2.14. The van der Waals surface area contributed by atoms with Crippen LogP contribution in [0.15, 0.2) is 18.5 Å². The first-order chi connectivity index (χ1) is 7.39. The van der Waals surface area contributed by atoms with E-state index in [0.29, 0.717) is 6.42 Å². The van der Waals surface area contributed by atoms with Crippen LogP contribution in [0.4, 0.5) is 4.79 Å². The lowest BCUT2D eigenvalue weighted by Crippen LogP contribution is -2.17. The summed E-state index contributed by atoms with van der Waals surface area (Å²) in [6.07, 6.45) is 3.02. The summed E-state index contributed by atoms with van der Waals surface area (Å²) in [7, 11) is 0. The summed E-state index contributed by atoms with van der Waals surface area (Å²) in [5.74, 6) is 0. The van der Waals surface area contributed by atoms with Gasteiger partial charge < -0.3 is 15.6 Å². The van der Waals surface area contributed by atoms with Crippen LogP contribution in [-0.4, -0.2) is 22.8 Å². The van der Waals surface area contributed by atoms with Crippen molar-refractivity contribution in [2.45, 2.75) is 25.9 Å². The number of amides is 1. The van der Waals surface area contributed by atoms with E-state index in [0.717, 1.165) is 11.1 Å². The molecule has 0 saturated carbocycles. The molecule has 0 aromatic carbocycles. The Morgan fingerprint density at radius 2 is 2.25 bits per heavy atom. The van der Waals surface area contributed by atoms with Gasteiger partial charge in [-0.15, -0.1) is 0 Å². The lowest BCUT2D eigenvalue weighted by atomic mass is 9.98. The molecule has 0 spiro atoms. The SMILES string of the molecule is CC(C)(O)c1cncc(CCOC(N)=O)c1. The number of nitrogens with zero attached hydrogens (tertiary/aromatic N) is 1. The summed E-state index contributed by atoms with van der Waals surface area (Å²) in [6, 6.07) is 1.83. The zero-order valence-electron chi connectivity index (χ0n) is 9.43. The molecule has 0 atom stereocenters. The van der Waals surface area contributed by atoms with Gasteiger partial charge in [0, 0.05) is 24.4 Å². The smallest absolute Gasteiger partial charge is 0.404 e. The van der Waals surface area contributed by atoms with Crippen molar-refractivity contribution in [1.29, 1.82) is 0 Å². The van der Waals surface area contributed by atoms with Crippen molar-refractivity contribution in [1.82, 2.24) is 4.98 Å². The van der Waals surface area contributed by atoms with E-state index in [1.165, 1.54) is 0 Å². The summed E-state index contributed by atoms with van der Waals surface area (Å²) >= 11 is 0. The summed E-state index contributed by atoms with van der Waals surface area (Å²) in [5.41, 5.74) is 5.53. The topological polar surface area (TPSA) is 85.4 Å². The Hall–Kier alpha value is -1.62. The molecule has 16 heavy (non-hydrogen) atoms. The highest BCUT2D eigenvalue weighted by molar-refractivity contribution is 5.64. The summed E-state index contributed by atoms with van der Waals surface area (Å²) in [5, 5.41) is 9.78. The number of aromatic nitrogens is 1. The molecule has 5 heteroatoms. The first-order valence-electron chi connectivity index (χ1n) is 4.98. The maximum absolute atomic E-state index is 10.4. The summed E-state index contributed by atoms with van der Waals surface area (Å²) in [4.78, 5) is 14.4. The second kappa shape index (κ2) is 4.94. The van der Waals surface area contributed by atoms with Crippen LogP contribution in [0.3, 0.4) is 0 Å². The first kappa shape index (κ1) is 12.4. The first-order valence-corrected chi connectivity index (χ1v) is 4.98. The fourth-order valence-electron chi connectivity index (χ4n) is 1.23. The van der Waals surface area contributed by atoms with Crippen molar-refractivity contribution in [2.75, 3.05) is 6.61 Å². The molecule has 1 rings (SSSR count). The largest absolute Gasteiger partial charge is 0.449 e. The van der Waals surface area contributed by atoms with Crippen LogP contribution < -0.4 is 5.73 Å². The maximum Gasteiger partial charge on any atom is 0.404 e. The Balaban J connectivity index is 2.64. The van der Waals surface area contributed by atoms with E-state index < -0.39 is 11.7 Å². The van der Waals surface area contributed by atoms with Crippen molar-refractivity contribution in [3.8, 4) is 0 Å². The normalized spacial score (nSPS) is 11.2. The number of ether oxygens (including phenoxy) is 1. The van der Waals surface area contributed by atoms with Crippen LogP contribution in [0.2, 0.25) is 0 Å². The maximum atomic E-state index is 10.4. The molecule has 0 radical (unpaired) electrons. The molecule has 1 aromatic rings. The standard InChI is InChI=1S/C11H16N2O3/c1-11(2,15)9-5-8(6-13-7-9)3-4-16-10(12)14/h5-7,15H,3-4H2,1-2H3,(H2,12,14). The molecule has 0 unspecified atom stereocenters. The Morgan fingerprint density at radius 1 is 1.56 bits per heavy atom. The van der Waals surface area contributed by atoms with Gasteiger partial charge in [-0.3, -0.25) is 4.98 Å². The van der Waals surface area contributed by atoms with Crippen LogP contribution in [0.25, 0.3) is 0 Å². The number of hydrogen-bond donors (Lipinski definition) is 2. The van der Waals surface area contributed by atoms with Crippen molar-refractivity contribution in [2.24, 2.45) is 5.73 Å². The molecular formula is C11H16N2O3. The van der Waals surface area contributed by atoms with Gasteiger partial charge in [0.05, 0.1) is 12.2 Å². The van der Waals surface area contributed by atoms with Crippen molar-refractivity contribution in [3.63, 3.8) is 0 Å². The zero-order chi connectivity index (χ0) is 12.2. The Morgan fingerprint density at radius 3 is 2.81 bits per heavy atom. The minimum absolute atomic E-state index is 0.215. The Labute approximate surface area is 94.2 Å². The molecule has 0 bridgehead atoms. The third-order valence-electron chi connectivity index (χ3n) is 2.14. The lowest BCUT2D eigenvalue weighted by Gasteiger charge is -2.17. The van der Waals surface area contributed by atoms with Crippen LogP contribution in [0.5, 0.6) is 0 Å². The second-order valence-electron chi connectivity index (χ2n) is 4.06. The van der Waals surface area contributed by atoms with Gasteiger partial charge in [0.2, 0.25) is 0 Å². The van der Waals surface area contributed by atoms with Crippen LogP contribution in [0.1, 0.15) is 25.0 Å². The molecule has 0 saturated heterocycles. The number of primary amides is 1. The van der Waals surface area contributed by atoms with Crippen LogP contribution in [0, 0.1) is 0 Å². The molecule has 0 aliphatic carbocycles. The lowest BCUT2D eigenvalue weighted by molar-refractivity contribution is 0.0780. The quantitative estimate of drug-likeness (QED) is 0.797. The van der Waals surface area contributed by atoms with E-state index in [4.69, 9.17) is 5.73 Å². The van der Waals surface area contributed by atoms with E-state index in [9.17, 15) is 9.90 Å². The van der Waals surface area contributed by atoms with E-state index in [2.05, 4.69) is 9.72 Å². The molecule has 3 N–H and O–H groups in total. The third kappa shape index (κ3) is 3.86. The number of aliphatic hydroxyl groups is 1. The van der Waals surface area contributed by atoms with Gasteiger partial charge in [0.15, 0.2) is 0 Å². The summed E-state index contributed by atoms with van der Waals surface area (Å²) in [6.45, 7) is 3.59. The zero-order valence-corrected chi connectivity index (χ0v) is 9.43. The molecule has 1 amide bonds. The predicted molar refractivity (Wildman–Crippen MR) is 58.7 cm³/mol. The van der Waals surface area contributed by atoms with Gasteiger partial charge in [0.25, 0.3) is 0 Å². The summed E-state index contributed by atoms with van der Waals surface area (Å²) < 4.78 is 4.62. The van der Waals surface area contributed by atoms with E-state index >= 15 is 0 Å². The monoisotopic (exact) mass is 224 g/mol. The number of pyridine rings is 1. The van der Waals surface area contributed by atoms with Gasteiger partial charge in [-0.2, -0.15) is 0 Å². The van der Waals surface area contributed by atoms with Gasteiger partial charge in [-0.25, -0.2) is 4.79 Å². The number of nitrogens with two attached hydrogens (primary N) is 1. The molecule has 0 aliphatic rings. The van der Waals surface area contributed by atoms with Gasteiger partial charge in [-0.1, -0.05) is 0 Å². The predicted octanol–water partition coefficient (Wildman–Crippen LogP) is 0.947. The van der Waals surface area contributed by atoms with Crippen molar-refractivity contribution in [3.05, 3.63) is 29.6 Å². The average molecular weight is 224 g/mol. The fourth-order valence-corrected chi connectivity index (χ4v) is 1.23. The highest BCUT2D eigenvalue weighted by atomic mass is 16.5. The highest BCUT2D eigenvalue weighted by Gasteiger charge is 2.16. The fraction of sp³-hybridized carbons (Fsp3) is 0.455. The van der Waals surface area contributed by atoms with Crippen molar-refractivity contribution >= 4 is 6.09 Å². The molecule has 0 fully saturated rings. The minimum Gasteiger partial charge on any atom is -0.449 e. The molecule has 1 aromatic heterocycles. The Bertz CT molecular complexity index is 372. The minimum atomic E-state index is -0.923. The number of hydrogen-bond acceptors (Lipinski definition) is 4. The van der Waals surface area contributed by atoms with E-state index in [-0.39, 0.29) is 6.61 Å². The van der Waals surface area contributed by atoms with Crippen LogP contribution in [-0.2, 0) is 16.8 Å². The van der Waals surface area contributed by atoms with Gasteiger partial charge in [0.1, 0.15) is 0 Å². The van der Waals surface area contributed by atoms with Gasteiger partial charge >= 0.3 is 6.09 Å². The molecule has 88 valence electrons. The highest BCUT2D eigenvalue weighted by Crippen LogP contribution is 2.19. The second-order valence-corrected chi connectivity index (χ2v) is 4.06. The number of carbonyl (C=O) groups is 1. The average Bonchev–Trinajstić information content (AvgIpc) is 2.16. The number of carbonyl (C=O) groups excluding carboxylic acids is 1. The molecule has 5 nitrogen and oxygen atoms in total. The van der Waals surface area contributed by atoms with E-state index in [1.807, 2.05) is 6.07 Å². The van der Waals surface area contributed by atoms with Gasteiger partial charge in [-0.05, 0) is 25.5 Å². The molecule has 1 heterocycles. The molecular weight excluding hydrogens is 208 g/mol. The number of rotatable bonds is 4. The van der Waals surface area contributed by atoms with Crippen LogP contribution >= 0.6 is 0 Å². The van der Waals surface area contributed by atoms with E-state index in [1.54, 1.807) is 26.2 Å². The molecule has 0 aliphatic heterocycles. The van der Waals surface area contributed by atoms with Crippen molar-refractivity contribution < 1.29 is 14.6 Å².